The maximum atomic E-state index is 12.2. The molecule has 0 aliphatic heterocycles. The molecule has 2 aromatic rings. The molecule has 24 heavy (non-hydrogen) atoms. The van der Waals surface area contributed by atoms with Crippen LogP contribution in [0.3, 0.4) is 0 Å². The van der Waals surface area contributed by atoms with Crippen LogP contribution >= 0.6 is 15.9 Å². The summed E-state index contributed by atoms with van der Waals surface area (Å²) in [4.78, 5) is 12.2. The first kappa shape index (κ1) is 17.0. The normalized spacial score (nSPS) is 16.2. The molecule has 1 atom stereocenters. The monoisotopic (exact) mass is 386 g/mol. The molecule has 0 aromatic heterocycles. The van der Waals surface area contributed by atoms with Crippen molar-refractivity contribution in [1.82, 2.24) is 10.6 Å². The summed E-state index contributed by atoms with van der Waals surface area (Å²) in [6.07, 6.45) is 3.10. The molecule has 3 nitrogen and oxygen atoms in total. The Bertz CT molecular complexity index is 681. The lowest BCUT2D eigenvalue weighted by Crippen LogP contribution is -2.46. The van der Waals surface area contributed by atoms with Crippen molar-refractivity contribution in [2.45, 2.75) is 37.6 Å². The Morgan fingerprint density at radius 2 is 1.79 bits per heavy atom. The van der Waals surface area contributed by atoms with Crippen LogP contribution < -0.4 is 10.6 Å². The van der Waals surface area contributed by atoms with Crippen LogP contribution in [0.4, 0.5) is 4.79 Å². The van der Waals surface area contributed by atoms with Crippen molar-refractivity contribution < 1.29 is 4.79 Å². The van der Waals surface area contributed by atoms with E-state index in [9.17, 15) is 4.79 Å². The maximum Gasteiger partial charge on any atom is 0.315 e. The molecule has 2 N–H and O–H groups in total. The number of carbonyl (C=O) groups is 1. The van der Waals surface area contributed by atoms with Crippen molar-refractivity contribution in [2.24, 2.45) is 0 Å². The van der Waals surface area contributed by atoms with Crippen LogP contribution in [0.2, 0.25) is 0 Å². The summed E-state index contributed by atoms with van der Waals surface area (Å²) in [5.74, 6) is 0. The predicted octanol–water partition coefficient (Wildman–Crippen LogP) is 4.41. The van der Waals surface area contributed by atoms with Crippen molar-refractivity contribution in [2.75, 3.05) is 6.54 Å². The van der Waals surface area contributed by atoms with Gasteiger partial charge in [0.25, 0.3) is 0 Å². The number of amides is 2. The zero-order chi connectivity index (χ0) is 17.0. The number of urea groups is 1. The Hall–Kier alpha value is -1.81. The Balaban J connectivity index is 1.50. The molecule has 3 rings (SSSR count). The molecule has 0 radical (unpaired) electrons. The number of nitrogens with one attached hydrogen (secondary N) is 2. The number of benzene rings is 2. The van der Waals surface area contributed by atoms with E-state index in [-0.39, 0.29) is 17.5 Å². The van der Waals surface area contributed by atoms with E-state index in [1.54, 1.807) is 0 Å². The lowest BCUT2D eigenvalue weighted by Gasteiger charge is -2.25. The predicted molar refractivity (Wildman–Crippen MR) is 101 cm³/mol. The molecule has 2 amide bonds. The first-order valence-corrected chi connectivity index (χ1v) is 9.24. The quantitative estimate of drug-likeness (QED) is 0.758. The van der Waals surface area contributed by atoms with Gasteiger partial charge in [-0.05, 0) is 49.4 Å². The highest BCUT2D eigenvalue weighted by molar-refractivity contribution is 9.10. The van der Waals surface area contributed by atoms with Crippen molar-refractivity contribution in [3.8, 4) is 0 Å². The van der Waals surface area contributed by atoms with E-state index in [2.05, 4.69) is 69.9 Å². The molecule has 1 unspecified atom stereocenters. The fourth-order valence-corrected chi connectivity index (χ4v) is 3.50. The second-order valence-electron chi connectivity index (χ2n) is 6.52. The average Bonchev–Trinajstić information content (AvgIpc) is 3.38. The van der Waals surface area contributed by atoms with Gasteiger partial charge in [0.2, 0.25) is 0 Å². The van der Waals surface area contributed by atoms with E-state index in [0.29, 0.717) is 6.54 Å². The number of rotatable bonds is 6. The average molecular weight is 387 g/mol. The molecule has 0 saturated heterocycles. The third-order valence-corrected chi connectivity index (χ3v) is 5.46. The van der Waals surface area contributed by atoms with Gasteiger partial charge in [0, 0.05) is 22.5 Å². The summed E-state index contributed by atoms with van der Waals surface area (Å²) >= 11 is 3.48. The van der Waals surface area contributed by atoms with Crippen LogP contribution in [0.5, 0.6) is 0 Å². The molecular weight excluding hydrogens is 364 g/mol. The molecule has 1 saturated carbocycles. The second-order valence-corrected chi connectivity index (χ2v) is 7.44. The number of hydrogen-bond acceptors (Lipinski definition) is 1. The summed E-state index contributed by atoms with van der Waals surface area (Å²) in [5, 5.41) is 6.09. The van der Waals surface area contributed by atoms with Crippen LogP contribution in [-0.2, 0) is 11.8 Å². The third kappa shape index (κ3) is 3.99. The molecule has 0 bridgehead atoms. The second kappa shape index (κ2) is 7.39. The summed E-state index contributed by atoms with van der Waals surface area (Å²) in [6, 6.07) is 18.7. The van der Waals surface area contributed by atoms with Crippen molar-refractivity contribution >= 4 is 22.0 Å². The minimum absolute atomic E-state index is 0.0817. The van der Waals surface area contributed by atoms with Gasteiger partial charge in [-0.1, -0.05) is 58.4 Å². The molecule has 126 valence electrons. The van der Waals surface area contributed by atoms with Crippen LogP contribution in [0.15, 0.2) is 59.1 Å². The van der Waals surface area contributed by atoms with E-state index >= 15 is 0 Å². The SMILES string of the molecule is CC(NC(=O)NCCc1ccccc1)C1(c2ccc(Br)cc2)CC1. The van der Waals surface area contributed by atoms with E-state index in [1.165, 1.54) is 11.1 Å². The van der Waals surface area contributed by atoms with Gasteiger partial charge in [0.1, 0.15) is 0 Å². The van der Waals surface area contributed by atoms with E-state index < -0.39 is 0 Å². The fourth-order valence-electron chi connectivity index (χ4n) is 3.24. The first-order chi connectivity index (χ1) is 11.6. The van der Waals surface area contributed by atoms with Gasteiger partial charge in [0.15, 0.2) is 0 Å². The van der Waals surface area contributed by atoms with Crippen molar-refractivity contribution in [3.63, 3.8) is 0 Å². The van der Waals surface area contributed by atoms with Gasteiger partial charge in [-0.3, -0.25) is 0 Å². The standard InChI is InChI=1S/C20H23BrN2O/c1-15(20(12-13-20)17-7-9-18(21)10-8-17)23-19(24)22-14-11-16-5-3-2-4-6-16/h2-10,15H,11-14H2,1H3,(H2,22,23,24). The molecule has 1 aliphatic rings. The molecule has 1 fully saturated rings. The Kier molecular flexibility index (Phi) is 5.24. The maximum absolute atomic E-state index is 12.2. The van der Waals surface area contributed by atoms with Gasteiger partial charge in [-0.25, -0.2) is 4.79 Å². The van der Waals surface area contributed by atoms with Crippen molar-refractivity contribution in [3.05, 3.63) is 70.2 Å². The van der Waals surface area contributed by atoms with Gasteiger partial charge in [-0.2, -0.15) is 0 Å². The zero-order valence-corrected chi connectivity index (χ0v) is 15.5. The topological polar surface area (TPSA) is 41.1 Å². The molecule has 1 aliphatic carbocycles. The minimum Gasteiger partial charge on any atom is -0.338 e. The van der Waals surface area contributed by atoms with Gasteiger partial charge in [0.05, 0.1) is 0 Å². The Labute approximate surface area is 152 Å². The molecule has 0 heterocycles. The van der Waals surface area contributed by atoms with Crippen molar-refractivity contribution in [1.29, 1.82) is 0 Å². The van der Waals surface area contributed by atoms with Crippen LogP contribution in [0.1, 0.15) is 30.9 Å². The summed E-state index contributed by atoms with van der Waals surface area (Å²) in [6.45, 7) is 2.75. The molecule has 2 aromatic carbocycles. The highest BCUT2D eigenvalue weighted by atomic mass is 79.9. The number of carbonyl (C=O) groups excluding carboxylic acids is 1. The van der Waals surface area contributed by atoms with Crippen LogP contribution in [0.25, 0.3) is 0 Å². The summed E-state index contributed by atoms with van der Waals surface area (Å²) in [7, 11) is 0. The van der Waals surface area contributed by atoms with Gasteiger partial charge >= 0.3 is 6.03 Å². The lowest BCUT2D eigenvalue weighted by atomic mass is 9.89. The number of hydrogen-bond donors (Lipinski definition) is 2. The third-order valence-electron chi connectivity index (χ3n) is 4.93. The highest BCUT2D eigenvalue weighted by Crippen LogP contribution is 2.51. The fraction of sp³-hybridized carbons (Fsp3) is 0.350. The lowest BCUT2D eigenvalue weighted by molar-refractivity contribution is 0.235. The molecular formula is C20H23BrN2O. The van der Waals surface area contributed by atoms with E-state index in [0.717, 1.165) is 23.7 Å². The largest absolute Gasteiger partial charge is 0.338 e. The first-order valence-electron chi connectivity index (χ1n) is 8.44. The van der Waals surface area contributed by atoms with Gasteiger partial charge in [-0.15, -0.1) is 0 Å². The summed E-state index contributed by atoms with van der Waals surface area (Å²) < 4.78 is 1.08. The minimum atomic E-state index is -0.0817. The van der Waals surface area contributed by atoms with Crippen LogP contribution in [0, 0.1) is 0 Å². The zero-order valence-electron chi connectivity index (χ0n) is 13.9. The Morgan fingerprint density at radius 3 is 2.42 bits per heavy atom. The smallest absolute Gasteiger partial charge is 0.315 e. The summed E-state index contributed by atoms with van der Waals surface area (Å²) in [5.41, 5.74) is 2.64. The highest BCUT2D eigenvalue weighted by Gasteiger charge is 2.49. The van der Waals surface area contributed by atoms with E-state index in [4.69, 9.17) is 0 Å². The van der Waals surface area contributed by atoms with E-state index in [1.807, 2.05) is 18.2 Å². The molecule has 4 heteroatoms. The molecule has 0 spiro atoms. The van der Waals surface area contributed by atoms with Crippen LogP contribution in [-0.4, -0.2) is 18.6 Å². The van der Waals surface area contributed by atoms with Gasteiger partial charge < -0.3 is 10.6 Å². The number of halogens is 1. The Morgan fingerprint density at radius 1 is 1.12 bits per heavy atom.